The van der Waals surface area contributed by atoms with Crippen molar-refractivity contribution in [3.05, 3.63) is 69.2 Å². The fraction of sp³-hybridized carbons (Fsp3) is 0.250. The smallest absolute Gasteiger partial charge is 0.0595 e. The maximum absolute atomic E-state index is 6.04. The van der Waals surface area contributed by atoms with Gasteiger partial charge in [-0.25, -0.2) is 0 Å². The second-order valence-corrected chi connectivity index (χ2v) is 5.76. The van der Waals surface area contributed by atoms with Gasteiger partial charge in [-0.3, -0.25) is 11.3 Å². The maximum Gasteiger partial charge on any atom is 0.0595 e. The quantitative estimate of drug-likeness (QED) is 0.649. The molecule has 0 radical (unpaired) electrons. The van der Waals surface area contributed by atoms with Gasteiger partial charge in [-0.05, 0) is 48.6 Å². The monoisotopic (exact) mass is 308 g/mol. The van der Waals surface area contributed by atoms with Crippen molar-refractivity contribution in [2.24, 2.45) is 5.84 Å². The van der Waals surface area contributed by atoms with Crippen LogP contribution in [0.25, 0.3) is 0 Å². The zero-order valence-electron chi connectivity index (χ0n) is 11.4. The van der Waals surface area contributed by atoms with Crippen LogP contribution < -0.4 is 11.3 Å². The minimum absolute atomic E-state index is 0.161. The van der Waals surface area contributed by atoms with Crippen molar-refractivity contribution >= 4 is 23.2 Å². The molecular weight excluding hydrogens is 291 g/mol. The Morgan fingerprint density at radius 1 is 1.05 bits per heavy atom. The molecule has 0 fully saturated rings. The van der Waals surface area contributed by atoms with Crippen molar-refractivity contribution in [1.29, 1.82) is 0 Å². The number of halogens is 2. The van der Waals surface area contributed by atoms with E-state index >= 15 is 0 Å². The largest absolute Gasteiger partial charge is 0.271 e. The molecule has 0 saturated heterocycles. The Labute approximate surface area is 129 Å². The van der Waals surface area contributed by atoms with Crippen LogP contribution in [0.15, 0.2) is 42.5 Å². The minimum Gasteiger partial charge on any atom is -0.271 e. The van der Waals surface area contributed by atoms with Crippen LogP contribution >= 0.6 is 23.2 Å². The summed E-state index contributed by atoms with van der Waals surface area (Å²) in [4.78, 5) is 0. The summed E-state index contributed by atoms with van der Waals surface area (Å²) < 4.78 is 0. The van der Waals surface area contributed by atoms with E-state index in [0.717, 1.165) is 18.4 Å². The van der Waals surface area contributed by atoms with E-state index in [0.29, 0.717) is 10.0 Å². The molecule has 1 unspecified atom stereocenters. The molecule has 4 heteroatoms. The molecule has 0 aliphatic carbocycles. The Hall–Kier alpha value is -1.06. The number of hydrogen-bond acceptors (Lipinski definition) is 2. The number of hydrogen-bond donors (Lipinski definition) is 2. The summed E-state index contributed by atoms with van der Waals surface area (Å²) in [5.74, 6) is 5.68. The Bertz CT molecular complexity index is 584. The molecule has 0 aromatic heterocycles. The third kappa shape index (κ3) is 3.97. The molecule has 2 aromatic rings. The van der Waals surface area contributed by atoms with E-state index in [9.17, 15) is 0 Å². The number of nitrogens with one attached hydrogen (secondary N) is 1. The van der Waals surface area contributed by atoms with Gasteiger partial charge in [0, 0.05) is 6.04 Å². The van der Waals surface area contributed by atoms with Gasteiger partial charge in [0.15, 0.2) is 0 Å². The van der Waals surface area contributed by atoms with E-state index < -0.39 is 0 Å². The predicted molar refractivity (Wildman–Crippen MR) is 86.2 cm³/mol. The number of rotatable bonds is 5. The first-order valence-electron chi connectivity index (χ1n) is 6.54. The summed E-state index contributed by atoms with van der Waals surface area (Å²) >= 11 is 12.0. The molecule has 106 valence electrons. The Kier molecular flexibility index (Phi) is 5.44. The number of nitrogens with two attached hydrogens (primary N) is 1. The molecule has 2 nitrogen and oxygen atoms in total. The first kappa shape index (κ1) is 15.3. The number of aryl methyl sites for hydroxylation is 1. The molecule has 2 aromatic carbocycles. The van der Waals surface area contributed by atoms with Crippen LogP contribution in [0.3, 0.4) is 0 Å². The van der Waals surface area contributed by atoms with Gasteiger partial charge in [0.1, 0.15) is 0 Å². The van der Waals surface area contributed by atoms with E-state index in [2.05, 4.69) is 30.5 Å². The van der Waals surface area contributed by atoms with E-state index in [1.807, 2.05) is 24.3 Å². The van der Waals surface area contributed by atoms with E-state index in [1.165, 1.54) is 11.1 Å². The van der Waals surface area contributed by atoms with Gasteiger partial charge in [0.2, 0.25) is 0 Å². The predicted octanol–water partition coefficient (Wildman–Crippen LogP) is 3.92. The highest BCUT2D eigenvalue weighted by Gasteiger charge is 2.11. The van der Waals surface area contributed by atoms with Crippen molar-refractivity contribution in [2.45, 2.75) is 25.8 Å². The molecule has 0 heterocycles. The molecule has 1 atom stereocenters. The highest BCUT2D eigenvalue weighted by atomic mass is 35.5. The fourth-order valence-corrected chi connectivity index (χ4v) is 2.57. The summed E-state index contributed by atoms with van der Waals surface area (Å²) in [6.07, 6.45) is 1.69. The third-order valence-corrected chi connectivity index (χ3v) is 4.17. The molecule has 0 spiro atoms. The highest BCUT2D eigenvalue weighted by molar-refractivity contribution is 6.42. The van der Waals surface area contributed by atoms with Gasteiger partial charge in [-0.15, -0.1) is 0 Å². The number of benzene rings is 2. The Balaban J connectivity index is 2.09. The average Bonchev–Trinajstić information content (AvgIpc) is 2.44. The van der Waals surface area contributed by atoms with Crippen molar-refractivity contribution < 1.29 is 0 Å². The van der Waals surface area contributed by atoms with Gasteiger partial charge in [-0.1, -0.05) is 53.5 Å². The second kappa shape index (κ2) is 7.09. The van der Waals surface area contributed by atoms with Gasteiger partial charge >= 0.3 is 0 Å². The molecular formula is C16H18Cl2N2. The van der Waals surface area contributed by atoms with E-state index in [4.69, 9.17) is 29.0 Å². The lowest BCUT2D eigenvalue weighted by atomic mass is 9.97. The zero-order chi connectivity index (χ0) is 14.5. The van der Waals surface area contributed by atoms with Crippen LogP contribution in [0.1, 0.15) is 16.7 Å². The van der Waals surface area contributed by atoms with Crippen molar-refractivity contribution in [3.63, 3.8) is 0 Å². The summed E-state index contributed by atoms with van der Waals surface area (Å²) in [6.45, 7) is 2.11. The van der Waals surface area contributed by atoms with E-state index in [-0.39, 0.29) is 6.04 Å². The van der Waals surface area contributed by atoms with Crippen molar-refractivity contribution in [3.8, 4) is 0 Å². The summed E-state index contributed by atoms with van der Waals surface area (Å²) in [6, 6.07) is 14.2. The molecule has 0 saturated carbocycles. The first-order chi connectivity index (χ1) is 9.60. The Morgan fingerprint density at radius 3 is 2.45 bits per heavy atom. The lowest BCUT2D eigenvalue weighted by molar-refractivity contribution is 0.521. The lowest BCUT2D eigenvalue weighted by Gasteiger charge is -2.17. The lowest BCUT2D eigenvalue weighted by Crippen LogP contribution is -2.38. The molecule has 0 aliphatic heterocycles. The van der Waals surface area contributed by atoms with Crippen LogP contribution in [0, 0.1) is 6.92 Å². The molecule has 0 bridgehead atoms. The van der Waals surface area contributed by atoms with Crippen molar-refractivity contribution in [1.82, 2.24) is 5.43 Å². The third-order valence-electron chi connectivity index (χ3n) is 3.43. The van der Waals surface area contributed by atoms with Crippen LogP contribution in [0.4, 0.5) is 0 Å². The van der Waals surface area contributed by atoms with Gasteiger partial charge in [-0.2, -0.15) is 0 Å². The number of hydrazine groups is 1. The maximum atomic E-state index is 6.04. The van der Waals surface area contributed by atoms with Crippen LogP contribution in [0.5, 0.6) is 0 Å². The van der Waals surface area contributed by atoms with E-state index in [1.54, 1.807) is 0 Å². The average molecular weight is 309 g/mol. The molecule has 2 rings (SSSR count). The molecule has 3 N–H and O–H groups in total. The fourth-order valence-electron chi connectivity index (χ4n) is 2.25. The Morgan fingerprint density at radius 2 is 1.80 bits per heavy atom. The molecule has 0 aliphatic rings. The molecule has 20 heavy (non-hydrogen) atoms. The van der Waals surface area contributed by atoms with Crippen LogP contribution in [-0.4, -0.2) is 6.04 Å². The summed E-state index contributed by atoms with van der Waals surface area (Å²) in [5.41, 5.74) is 6.59. The summed E-state index contributed by atoms with van der Waals surface area (Å²) in [5, 5.41) is 1.16. The van der Waals surface area contributed by atoms with Gasteiger partial charge in [0.05, 0.1) is 10.0 Å². The second-order valence-electron chi connectivity index (χ2n) is 4.95. The topological polar surface area (TPSA) is 38.0 Å². The van der Waals surface area contributed by atoms with Crippen LogP contribution in [-0.2, 0) is 12.8 Å². The van der Waals surface area contributed by atoms with Gasteiger partial charge < -0.3 is 0 Å². The van der Waals surface area contributed by atoms with Gasteiger partial charge in [0.25, 0.3) is 0 Å². The highest BCUT2D eigenvalue weighted by Crippen LogP contribution is 2.23. The zero-order valence-corrected chi connectivity index (χ0v) is 12.9. The van der Waals surface area contributed by atoms with Crippen molar-refractivity contribution in [2.75, 3.05) is 0 Å². The SMILES string of the molecule is Cc1ccccc1CC(Cc1ccc(Cl)c(Cl)c1)NN. The molecule has 0 amide bonds. The standard InChI is InChI=1S/C16H18Cl2N2/c1-11-4-2-3-5-13(11)10-14(20-19)8-12-6-7-15(17)16(18)9-12/h2-7,9,14,20H,8,10,19H2,1H3. The minimum atomic E-state index is 0.161. The summed E-state index contributed by atoms with van der Waals surface area (Å²) in [7, 11) is 0. The first-order valence-corrected chi connectivity index (χ1v) is 7.30. The normalized spacial score (nSPS) is 12.4. The van der Waals surface area contributed by atoms with Crippen LogP contribution in [0.2, 0.25) is 10.0 Å².